The Morgan fingerprint density at radius 2 is 0.811 bits per heavy atom. The minimum atomic E-state index is -4.30. The summed E-state index contributed by atoms with van der Waals surface area (Å²) in [6, 6.07) is 29.8. The Morgan fingerprint density at radius 1 is 0.472 bits per heavy atom. The maximum absolute atomic E-state index is 14.8. The van der Waals surface area contributed by atoms with Crippen LogP contribution >= 0.6 is 0 Å². The molecule has 2 saturated carbocycles. The number of sulfone groups is 1. The van der Waals surface area contributed by atoms with Crippen molar-refractivity contribution >= 4 is 29.9 Å². The molecule has 8 nitrogen and oxygen atoms in total. The highest BCUT2D eigenvalue weighted by molar-refractivity contribution is 7.92. The fourth-order valence-electron chi connectivity index (χ4n) is 8.61. The first-order valence-electron chi connectivity index (χ1n) is 19.0. The first-order valence-corrected chi connectivity index (χ1v) is 23.7. The second-order valence-electron chi connectivity index (χ2n) is 15.1. The third-order valence-electron chi connectivity index (χ3n) is 11.5. The van der Waals surface area contributed by atoms with Crippen LogP contribution in [0.4, 0.5) is 0 Å². The van der Waals surface area contributed by atoms with E-state index in [9.17, 15) is 25.3 Å². The summed E-state index contributed by atoms with van der Waals surface area (Å²) in [7, 11) is -12.5. The molecule has 0 aromatic heterocycles. The molecule has 0 N–H and O–H groups in total. The van der Waals surface area contributed by atoms with E-state index < -0.39 is 53.5 Å². The quantitative estimate of drug-likeness (QED) is 0.144. The molecular formula is C42H50N2O6S3. The van der Waals surface area contributed by atoms with Crippen molar-refractivity contribution in [1.82, 2.24) is 8.61 Å². The molecule has 0 bridgehead atoms. The van der Waals surface area contributed by atoms with Crippen LogP contribution in [0.5, 0.6) is 0 Å². The molecule has 1 aliphatic heterocycles. The van der Waals surface area contributed by atoms with Gasteiger partial charge in [-0.05, 0) is 84.0 Å². The molecule has 11 heteroatoms. The molecule has 0 unspecified atom stereocenters. The van der Waals surface area contributed by atoms with Gasteiger partial charge in [-0.1, -0.05) is 123 Å². The molecule has 0 spiro atoms. The van der Waals surface area contributed by atoms with Crippen molar-refractivity contribution in [3.63, 3.8) is 0 Å². The number of sulfonamides is 2. The average Bonchev–Trinajstić information content (AvgIpc) is 3.51. The van der Waals surface area contributed by atoms with Crippen LogP contribution in [0.25, 0.3) is 0 Å². The Labute approximate surface area is 316 Å². The maximum Gasteiger partial charge on any atom is 0.243 e. The summed E-state index contributed by atoms with van der Waals surface area (Å²) in [6.07, 6.45) is 11.3. The fourth-order valence-corrected chi connectivity index (χ4v) is 14.1. The zero-order chi connectivity index (χ0) is 37.1. The maximum atomic E-state index is 14.8. The molecule has 4 aromatic rings. The Morgan fingerprint density at radius 3 is 1.15 bits per heavy atom. The number of nitrogens with zero attached hydrogens (tertiary/aromatic N) is 2. The van der Waals surface area contributed by atoms with E-state index in [-0.39, 0.29) is 22.9 Å². The molecule has 0 radical (unpaired) electrons. The van der Waals surface area contributed by atoms with Crippen LogP contribution < -0.4 is 0 Å². The van der Waals surface area contributed by atoms with Crippen molar-refractivity contribution in [2.75, 3.05) is 11.5 Å². The average molecular weight is 775 g/mol. The highest BCUT2D eigenvalue weighted by atomic mass is 32.2. The first-order chi connectivity index (χ1) is 25.5. The second-order valence-corrected chi connectivity index (χ2v) is 21.0. The minimum absolute atomic E-state index is 0.0619. The highest BCUT2D eigenvalue weighted by Crippen LogP contribution is 2.37. The first kappa shape index (κ1) is 37.9. The second kappa shape index (κ2) is 16.2. The van der Waals surface area contributed by atoms with Crippen molar-refractivity contribution in [1.29, 1.82) is 0 Å². The zero-order valence-corrected chi connectivity index (χ0v) is 32.6. The molecule has 3 fully saturated rings. The van der Waals surface area contributed by atoms with Crippen LogP contribution in [0.1, 0.15) is 98.3 Å². The van der Waals surface area contributed by atoms with E-state index in [0.717, 1.165) is 62.5 Å². The lowest BCUT2D eigenvalue weighted by molar-refractivity contribution is 0.219. The lowest BCUT2D eigenvalue weighted by atomic mass is 9.84. The van der Waals surface area contributed by atoms with Gasteiger partial charge < -0.3 is 0 Å². The fraction of sp³-hybridized carbons (Fsp3) is 0.429. The van der Waals surface area contributed by atoms with Crippen LogP contribution in [-0.2, 0) is 43.0 Å². The van der Waals surface area contributed by atoms with Crippen molar-refractivity contribution in [2.45, 2.75) is 111 Å². The third kappa shape index (κ3) is 8.65. The standard InChI is InChI=1S/C42H50N2O6S3/c45-51(46)31-41(43(29-33-13-5-1-6-14-33)52(47,48)39-25-21-37(22-26-39)35-17-9-3-10-18-35)42(32-51)44(30-34-15-7-2-8-16-34)53(49,50)40-27-23-38(24-28-40)36-19-11-4-12-20-36/h1-2,5-8,13-16,21-28,35-36,41-42H,3-4,9-12,17-20,29-32H2/t41-,42+. The van der Waals surface area contributed by atoms with E-state index in [2.05, 4.69) is 0 Å². The summed E-state index contributed by atoms with van der Waals surface area (Å²) in [5, 5.41) is 0. The van der Waals surface area contributed by atoms with E-state index in [4.69, 9.17) is 0 Å². The van der Waals surface area contributed by atoms with Gasteiger partial charge >= 0.3 is 0 Å². The molecule has 0 amide bonds. The summed E-state index contributed by atoms with van der Waals surface area (Å²) < 4.78 is 89.1. The largest absolute Gasteiger partial charge is 0.243 e. The Hall–Kier alpha value is -3.35. The molecule has 2 atom stereocenters. The van der Waals surface area contributed by atoms with Gasteiger partial charge in [-0.25, -0.2) is 25.3 Å². The van der Waals surface area contributed by atoms with E-state index >= 15 is 0 Å². The Kier molecular flexibility index (Phi) is 11.6. The number of benzene rings is 4. The summed E-state index contributed by atoms with van der Waals surface area (Å²) >= 11 is 0. The van der Waals surface area contributed by atoms with Gasteiger partial charge in [0.2, 0.25) is 20.0 Å². The van der Waals surface area contributed by atoms with Gasteiger partial charge in [-0.2, -0.15) is 8.61 Å². The Bertz CT molecular complexity index is 2000. The topological polar surface area (TPSA) is 109 Å². The van der Waals surface area contributed by atoms with E-state index in [1.165, 1.54) is 21.5 Å². The highest BCUT2D eigenvalue weighted by Gasteiger charge is 2.50. The predicted octanol–water partition coefficient (Wildman–Crippen LogP) is 8.03. The SMILES string of the molecule is O=S1(=O)C[C@@H](N(Cc2ccccc2)S(=O)(=O)c2ccc(C3CCCCC3)cc2)[C@@H](N(Cc2ccccc2)S(=O)(=O)c2ccc(C3CCCCC3)cc2)C1. The van der Waals surface area contributed by atoms with Gasteiger partial charge in [0.05, 0.1) is 33.4 Å². The molecule has 7 rings (SSSR count). The van der Waals surface area contributed by atoms with Gasteiger partial charge in [0, 0.05) is 13.1 Å². The predicted molar refractivity (Wildman–Crippen MR) is 209 cm³/mol. The summed E-state index contributed by atoms with van der Waals surface area (Å²) in [5.74, 6) is -0.214. The molecule has 53 heavy (non-hydrogen) atoms. The van der Waals surface area contributed by atoms with Crippen LogP contribution in [0.2, 0.25) is 0 Å². The summed E-state index contributed by atoms with van der Waals surface area (Å²) in [5.41, 5.74) is 3.56. The van der Waals surface area contributed by atoms with Gasteiger partial charge in [0.15, 0.2) is 9.84 Å². The number of rotatable bonds is 12. The third-order valence-corrected chi connectivity index (χ3v) is 17.0. The number of hydrogen-bond acceptors (Lipinski definition) is 6. The zero-order valence-electron chi connectivity index (χ0n) is 30.2. The smallest absolute Gasteiger partial charge is 0.229 e. The molecule has 4 aromatic carbocycles. The van der Waals surface area contributed by atoms with Crippen molar-refractivity contribution in [3.8, 4) is 0 Å². The summed E-state index contributed by atoms with van der Waals surface area (Å²) in [4.78, 5) is 0.124. The lowest BCUT2D eigenvalue weighted by Gasteiger charge is -2.37. The Balaban J connectivity index is 1.29. The monoisotopic (exact) mass is 774 g/mol. The summed E-state index contributed by atoms with van der Waals surface area (Å²) in [6.45, 7) is -0.223. The van der Waals surface area contributed by atoms with E-state index in [1.54, 1.807) is 48.5 Å². The van der Waals surface area contributed by atoms with E-state index in [0.29, 0.717) is 23.0 Å². The van der Waals surface area contributed by atoms with Gasteiger partial charge in [-0.15, -0.1) is 0 Å². The van der Waals surface area contributed by atoms with Crippen LogP contribution in [0.15, 0.2) is 119 Å². The molecule has 1 saturated heterocycles. The van der Waals surface area contributed by atoms with Crippen molar-refractivity contribution in [3.05, 3.63) is 131 Å². The number of hydrogen-bond donors (Lipinski definition) is 0. The van der Waals surface area contributed by atoms with E-state index in [1.807, 2.05) is 60.7 Å². The van der Waals surface area contributed by atoms with Crippen molar-refractivity contribution < 1.29 is 25.3 Å². The van der Waals surface area contributed by atoms with Crippen LogP contribution in [0.3, 0.4) is 0 Å². The minimum Gasteiger partial charge on any atom is -0.229 e. The van der Waals surface area contributed by atoms with Crippen LogP contribution in [0, 0.1) is 0 Å². The van der Waals surface area contributed by atoms with Gasteiger partial charge in [-0.3, -0.25) is 0 Å². The van der Waals surface area contributed by atoms with Gasteiger partial charge in [0.1, 0.15) is 0 Å². The van der Waals surface area contributed by atoms with Crippen LogP contribution in [-0.4, -0.2) is 57.5 Å². The molecule has 2 aliphatic carbocycles. The molecule has 1 heterocycles. The lowest BCUT2D eigenvalue weighted by Crippen LogP contribution is -2.54. The molecule has 3 aliphatic rings. The van der Waals surface area contributed by atoms with Gasteiger partial charge in [0.25, 0.3) is 0 Å². The van der Waals surface area contributed by atoms with Crippen molar-refractivity contribution in [2.24, 2.45) is 0 Å². The molecular weight excluding hydrogens is 725 g/mol. The molecule has 282 valence electrons. The normalized spacial score (nSPS) is 21.6.